The van der Waals surface area contributed by atoms with E-state index in [1.807, 2.05) is 0 Å². The number of hydrogen-bond acceptors (Lipinski definition) is 3. The van der Waals surface area contributed by atoms with Gasteiger partial charge in [-0.25, -0.2) is 0 Å². The average molecular weight is 238 g/mol. The topological polar surface area (TPSA) is 43.4 Å². The summed E-state index contributed by atoms with van der Waals surface area (Å²) in [5, 5.41) is 0. The lowest BCUT2D eigenvalue weighted by Crippen LogP contribution is -2.37. The molecule has 0 aromatic carbocycles. The number of halogens is 3. The number of rotatable bonds is 2. The van der Waals surface area contributed by atoms with Crippen molar-refractivity contribution in [2.75, 3.05) is 6.61 Å². The van der Waals surface area contributed by atoms with E-state index < -0.39 is 36.2 Å². The molecule has 1 aliphatic carbocycles. The van der Waals surface area contributed by atoms with Gasteiger partial charge in [-0.05, 0) is 19.8 Å². The molecule has 0 radical (unpaired) electrons. The van der Waals surface area contributed by atoms with E-state index >= 15 is 0 Å². The quantitative estimate of drug-likeness (QED) is 0.546. The zero-order valence-electron chi connectivity index (χ0n) is 8.84. The van der Waals surface area contributed by atoms with Crippen molar-refractivity contribution in [3.05, 3.63) is 0 Å². The predicted molar refractivity (Wildman–Crippen MR) is 48.5 cm³/mol. The van der Waals surface area contributed by atoms with Gasteiger partial charge in [0.2, 0.25) is 0 Å². The van der Waals surface area contributed by atoms with Crippen LogP contribution in [0.1, 0.15) is 26.2 Å². The number of esters is 1. The predicted octanol–water partition coefficient (Wildman–Crippen LogP) is 2.10. The van der Waals surface area contributed by atoms with Crippen LogP contribution in [0.3, 0.4) is 0 Å². The van der Waals surface area contributed by atoms with Crippen LogP contribution in [0.2, 0.25) is 0 Å². The van der Waals surface area contributed by atoms with Gasteiger partial charge in [0.25, 0.3) is 0 Å². The third kappa shape index (κ3) is 2.96. The third-order valence-electron chi connectivity index (χ3n) is 2.68. The molecule has 1 rings (SSSR count). The van der Waals surface area contributed by atoms with Gasteiger partial charge in [-0.2, -0.15) is 13.2 Å². The Balaban J connectivity index is 2.69. The monoisotopic (exact) mass is 238 g/mol. The van der Waals surface area contributed by atoms with Crippen LogP contribution in [0.25, 0.3) is 0 Å². The number of alkyl halides is 3. The summed E-state index contributed by atoms with van der Waals surface area (Å²) in [5.74, 6) is -4.08. The van der Waals surface area contributed by atoms with Crippen LogP contribution in [-0.4, -0.2) is 24.5 Å². The van der Waals surface area contributed by atoms with Gasteiger partial charge in [-0.3, -0.25) is 9.59 Å². The van der Waals surface area contributed by atoms with Crippen LogP contribution in [-0.2, 0) is 14.3 Å². The van der Waals surface area contributed by atoms with E-state index in [1.165, 1.54) is 0 Å². The van der Waals surface area contributed by atoms with Gasteiger partial charge in [0.1, 0.15) is 11.7 Å². The number of hydrogen-bond donors (Lipinski definition) is 0. The minimum atomic E-state index is -4.34. The molecule has 1 aliphatic rings. The maximum Gasteiger partial charge on any atom is 0.391 e. The summed E-state index contributed by atoms with van der Waals surface area (Å²) in [5.41, 5.74) is 0. The van der Waals surface area contributed by atoms with E-state index in [2.05, 4.69) is 4.74 Å². The number of ketones is 1. The van der Waals surface area contributed by atoms with Crippen LogP contribution in [0.5, 0.6) is 0 Å². The Morgan fingerprint density at radius 3 is 2.62 bits per heavy atom. The first-order valence-electron chi connectivity index (χ1n) is 5.12. The molecular weight excluding hydrogens is 225 g/mol. The van der Waals surface area contributed by atoms with Gasteiger partial charge in [0, 0.05) is 6.42 Å². The molecule has 6 heteroatoms. The first-order chi connectivity index (χ1) is 7.36. The summed E-state index contributed by atoms with van der Waals surface area (Å²) in [7, 11) is 0. The molecule has 2 atom stereocenters. The fourth-order valence-electron chi connectivity index (χ4n) is 1.79. The zero-order chi connectivity index (χ0) is 12.3. The minimum Gasteiger partial charge on any atom is -0.465 e. The van der Waals surface area contributed by atoms with Crippen molar-refractivity contribution in [3.8, 4) is 0 Å². The average Bonchev–Trinajstić information content (AvgIpc) is 2.16. The Hall–Kier alpha value is -1.07. The normalized spacial score (nSPS) is 26.6. The summed E-state index contributed by atoms with van der Waals surface area (Å²) < 4.78 is 41.9. The summed E-state index contributed by atoms with van der Waals surface area (Å²) in [6.45, 7) is 1.62. The Bertz CT molecular complexity index is 286. The van der Waals surface area contributed by atoms with Crippen molar-refractivity contribution in [3.63, 3.8) is 0 Å². The highest BCUT2D eigenvalue weighted by Crippen LogP contribution is 2.38. The van der Waals surface area contributed by atoms with Crippen LogP contribution in [0.15, 0.2) is 0 Å². The lowest BCUT2D eigenvalue weighted by molar-refractivity contribution is -0.189. The number of carbonyl (C=O) groups excluding carboxylic acids is 2. The van der Waals surface area contributed by atoms with E-state index in [4.69, 9.17) is 0 Å². The van der Waals surface area contributed by atoms with Crippen LogP contribution in [0.4, 0.5) is 13.2 Å². The van der Waals surface area contributed by atoms with E-state index in [-0.39, 0.29) is 19.4 Å². The molecule has 0 N–H and O–H groups in total. The molecule has 0 unspecified atom stereocenters. The second kappa shape index (κ2) is 4.84. The van der Waals surface area contributed by atoms with E-state index in [0.717, 1.165) is 0 Å². The number of carbonyl (C=O) groups is 2. The molecular formula is C10H13F3O3. The van der Waals surface area contributed by atoms with Crippen LogP contribution >= 0.6 is 0 Å². The fraction of sp³-hybridized carbons (Fsp3) is 0.800. The zero-order valence-corrected chi connectivity index (χ0v) is 8.84. The third-order valence-corrected chi connectivity index (χ3v) is 2.68. The molecule has 0 saturated heterocycles. The van der Waals surface area contributed by atoms with E-state index in [9.17, 15) is 22.8 Å². The Kier molecular flexibility index (Phi) is 3.93. The van der Waals surface area contributed by atoms with Crippen molar-refractivity contribution in [1.29, 1.82) is 0 Å². The molecule has 0 spiro atoms. The first-order valence-corrected chi connectivity index (χ1v) is 5.12. The highest BCUT2D eigenvalue weighted by molar-refractivity contribution is 5.99. The van der Waals surface area contributed by atoms with Crippen LogP contribution < -0.4 is 0 Å². The van der Waals surface area contributed by atoms with Gasteiger partial charge >= 0.3 is 12.1 Å². The van der Waals surface area contributed by atoms with Gasteiger partial charge in [0.05, 0.1) is 12.5 Å². The highest BCUT2D eigenvalue weighted by Gasteiger charge is 2.46. The molecule has 0 heterocycles. The van der Waals surface area contributed by atoms with Crippen molar-refractivity contribution in [2.24, 2.45) is 11.8 Å². The summed E-state index contributed by atoms with van der Waals surface area (Å²) >= 11 is 0. The van der Waals surface area contributed by atoms with Crippen LogP contribution in [0, 0.1) is 11.8 Å². The molecule has 1 fully saturated rings. The maximum absolute atomic E-state index is 12.4. The molecule has 0 amide bonds. The highest BCUT2D eigenvalue weighted by atomic mass is 19.4. The molecule has 0 aromatic rings. The van der Waals surface area contributed by atoms with Crippen molar-refractivity contribution in [2.45, 2.75) is 32.4 Å². The second-order valence-electron chi connectivity index (χ2n) is 3.78. The van der Waals surface area contributed by atoms with Gasteiger partial charge in [0.15, 0.2) is 0 Å². The molecule has 1 saturated carbocycles. The maximum atomic E-state index is 12.4. The molecule has 16 heavy (non-hydrogen) atoms. The molecule has 92 valence electrons. The first kappa shape index (κ1) is 13.0. The standard InChI is InChI=1S/C10H13F3O3/c1-2-16-9(15)7-5-6(10(11,12)13)3-4-8(7)14/h6-7H,2-5H2,1H3/t6-,7+/m0/s1. The van der Waals surface area contributed by atoms with Gasteiger partial charge in [-0.1, -0.05) is 0 Å². The Morgan fingerprint density at radius 2 is 2.12 bits per heavy atom. The molecule has 3 nitrogen and oxygen atoms in total. The SMILES string of the molecule is CCOC(=O)[C@@H]1C[C@@H](C(F)(F)F)CCC1=O. The van der Waals surface area contributed by atoms with Crippen molar-refractivity contribution >= 4 is 11.8 Å². The number of ether oxygens (including phenoxy) is 1. The molecule has 0 aliphatic heterocycles. The van der Waals surface area contributed by atoms with E-state index in [0.29, 0.717) is 0 Å². The van der Waals surface area contributed by atoms with E-state index in [1.54, 1.807) is 6.92 Å². The van der Waals surface area contributed by atoms with Crippen molar-refractivity contribution in [1.82, 2.24) is 0 Å². The van der Waals surface area contributed by atoms with Gasteiger partial charge < -0.3 is 4.74 Å². The smallest absolute Gasteiger partial charge is 0.391 e. The van der Waals surface area contributed by atoms with Crippen molar-refractivity contribution < 1.29 is 27.5 Å². The fourth-order valence-corrected chi connectivity index (χ4v) is 1.79. The lowest BCUT2D eigenvalue weighted by Gasteiger charge is -2.28. The van der Waals surface area contributed by atoms with Gasteiger partial charge in [-0.15, -0.1) is 0 Å². The second-order valence-corrected chi connectivity index (χ2v) is 3.78. The summed E-state index contributed by atoms with van der Waals surface area (Å²) in [6, 6.07) is 0. The summed E-state index contributed by atoms with van der Waals surface area (Å²) in [4.78, 5) is 22.6. The summed E-state index contributed by atoms with van der Waals surface area (Å²) in [6.07, 6.45) is -5.24. The Morgan fingerprint density at radius 1 is 1.50 bits per heavy atom. The Labute approximate surface area is 91.0 Å². The molecule has 0 aromatic heterocycles. The number of Topliss-reactive ketones (excluding diaryl/α,β-unsaturated/α-hetero) is 1. The lowest BCUT2D eigenvalue weighted by atomic mass is 9.80. The molecule has 0 bridgehead atoms. The minimum absolute atomic E-state index is 0.0687. The largest absolute Gasteiger partial charge is 0.465 e.